The zero-order valence-electron chi connectivity index (χ0n) is 9.92. The number of methoxy groups -OCH3 is 1. The summed E-state index contributed by atoms with van der Waals surface area (Å²) in [6, 6.07) is 5.74. The maximum absolute atomic E-state index is 12.0. The van der Waals surface area contributed by atoms with Gasteiger partial charge in [-0.2, -0.15) is 0 Å². The van der Waals surface area contributed by atoms with Crippen molar-refractivity contribution in [3.8, 4) is 5.75 Å². The average molecular weight is 250 g/mol. The number of carbonyl (C=O) groups is 2. The fourth-order valence-electron chi connectivity index (χ4n) is 1.85. The van der Waals surface area contributed by atoms with Gasteiger partial charge in [-0.15, -0.1) is 0 Å². The molecule has 3 amide bonds. The van der Waals surface area contributed by atoms with Crippen LogP contribution in [0.1, 0.15) is 11.6 Å². The van der Waals surface area contributed by atoms with Crippen LogP contribution in [0.2, 0.25) is 0 Å². The van der Waals surface area contributed by atoms with E-state index in [0.717, 1.165) is 4.90 Å². The summed E-state index contributed by atoms with van der Waals surface area (Å²) in [6.07, 6.45) is 0. The zero-order valence-corrected chi connectivity index (χ0v) is 9.92. The third kappa shape index (κ3) is 2.14. The van der Waals surface area contributed by atoms with Crippen LogP contribution in [0.3, 0.4) is 0 Å². The van der Waals surface area contributed by atoms with E-state index in [9.17, 15) is 9.59 Å². The molecule has 1 aromatic carbocycles. The number of urea groups is 1. The van der Waals surface area contributed by atoms with Gasteiger partial charge in [0.15, 0.2) is 0 Å². The second-order valence-electron chi connectivity index (χ2n) is 3.87. The predicted molar refractivity (Wildman–Crippen MR) is 63.1 cm³/mol. The van der Waals surface area contributed by atoms with E-state index in [4.69, 9.17) is 9.84 Å². The molecule has 6 nitrogen and oxygen atoms in total. The van der Waals surface area contributed by atoms with Gasteiger partial charge < -0.3 is 15.2 Å². The molecule has 0 bridgehead atoms. The van der Waals surface area contributed by atoms with E-state index in [1.54, 1.807) is 31.4 Å². The molecule has 1 fully saturated rings. The van der Waals surface area contributed by atoms with Crippen LogP contribution in [0.15, 0.2) is 24.3 Å². The van der Waals surface area contributed by atoms with Crippen molar-refractivity contribution in [2.24, 2.45) is 0 Å². The van der Waals surface area contributed by atoms with E-state index in [2.05, 4.69) is 5.32 Å². The Labute approximate surface area is 104 Å². The van der Waals surface area contributed by atoms with Crippen LogP contribution < -0.4 is 10.1 Å². The molecular formula is C12H14N2O4. The minimum Gasteiger partial charge on any atom is -0.497 e. The molecular weight excluding hydrogens is 236 g/mol. The minimum atomic E-state index is -0.685. The molecule has 1 heterocycles. The molecule has 1 unspecified atom stereocenters. The van der Waals surface area contributed by atoms with E-state index < -0.39 is 12.1 Å². The van der Waals surface area contributed by atoms with E-state index in [1.807, 2.05) is 0 Å². The quantitative estimate of drug-likeness (QED) is 0.752. The summed E-state index contributed by atoms with van der Waals surface area (Å²) >= 11 is 0. The van der Waals surface area contributed by atoms with Gasteiger partial charge in [0, 0.05) is 0 Å². The summed E-state index contributed by atoms with van der Waals surface area (Å²) < 4.78 is 5.02. The lowest BCUT2D eigenvalue weighted by atomic mass is 10.1. The molecule has 0 spiro atoms. The first-order chi connectivity index (χ1) is 8.67. The Morgan fingerprint density at radius 3 is 2.56 bits per heavy atom. The predicted octanol–water partition coefficient (Wildman–Crippen LogP) is 0.280. The summed E-state index contributed by atoms with van der Waals surface area (Å²) in [4.78, 5) is 24.5. The van der Waals surface area contributed by atoms with Crippen molar-refractivity contribution in [2.75, 3.05) is 20.3 Å². The molecule has 1 saturated heterocycles. The van der Waals surface area contributed by atoms with Gasteiger partial charge in [-0.25, -0.2) is 4.79 Å². The summed E-state index contributed by atoms with van der Waals surface area (Å²) in [5.74, 6) is 0.335. The Kier molecular flexibility index (Phi) is 3.47. The third-order valence-electron chi connectivity index (χ3n) is 2.80. The van der Waals surface area contributed by atoms with E-state index in [-0.39, 0.29) is 19.1 Å². The molecule has 0 saturated carbocycles. The lowest BCUT2D eigenvalue weighted by molar-refractivity contribution is -0.127. The largest absolute Gasteiger partial charge is 0.497 e. The molecule has 1 aromatic rings. The molecule has 2 N–H and O–H groups in total. The number of benzene rings is 1. The monoisotopic (exact) mass is 250 g/mol. The molecule has 1 atom stereocenters. The van der Waals surface area contributed by atoms with Gasteiger partial charge in [-0.3, -0.25) is 9.69 Å². The van der Waals surface area contributed by atoms with E-state index >= 15 is 0 Å². The zero-order chi connectivity index (χ0) is 13.1. The molecule has 2 rings (SSSR count). The molecule has 0 radical (unpaired) electrons. The van der Waals surface area contributed by atoms with Gasteiger partial charge in [-0.05, 0) is 17.7 Å². The van der Waals surface area contributed by atoms with E-state index in [1.165, 1.54) is 0 Å². The Bertz CT molecular complexity index is 458. The number of ether oxygens (including phenoxy) is 1. The second-order valence-corrected chi connectivity index (χ2v) is 3.87. The highest BCUT2D eigenvalue weighted by atomic mass is 16.5. The van der Waals surface area contributed by atoms with Crippen molar-refractivity contribution in [1.29, 1.82) is 0 Å². The first kappa shape index (κ1) is 12.4. The first-order valence-corrected chi connectivity index (χ1v) is 5.54. The highest BCUT2D eigenvalue weighted by Crippen LogP contribution is 2.23. The Morgan fingerprint density at radius 1 is 1.33 bits per heavy atom. The molecule has 96 valence electrons. The fraction of sp³-hybridized carbons (Fsp3) is 0.333. The van der Waals surface area contributed by atoms with Crippen LogP contribution in [0.5, 0.6) is 5.75 Å². The smallest absolute Gasteiger partial charge is 0.325 e. The minimum absolute atomic E-state index is 0.0112. The molecule has 1 aliphatic rings. The number of hydrogen-bond donors (Lipinski definition) is 2. The molecule has 18 heavy (non-hydrogen) atoms. The fourth-order valence-corrected chi connectivity index (χ4v) is 1.85. The van der Waals surface area contributed by atoms with Gasteiger partial charge in [-0.1, -0.05) is 12.1 Å². The molecule has 1 aliphatic heterocycles. The van der Waals surface area contributed by atoms with Crippen molar-refractivity contribution < 1.29 is 19.4 Å². The Hall–Kier alpha value is -2.08. The lowest BCUT2D eigenvalue weighted by Gasteiger charge is -2.11. The number of imide groups is 1. The first-order valence-electron chi connectivity index (χ1n) is 5.54. The Balaban J connectivity index is 2.18. The van der Waals surface area contributed by atoms with Crippen LogP contribution >= 0.6 is 0 Å². The maximum atomic E-state index is 12.0. The SMILES string of the molecule is COc1ccc(C2NC(=O)N(CCO)C2=O)cc1. The Morgan fingerprint density at radius 2 is 2.00 bits per heavy atom. The molecule has 6 heteroatoms. The van der Waals surface area contributed by atoms with Gasteiger partial charge in [0.2, 0.25) is 0 Å². The average Bonchev–Trinajstić information content (AvgIpc) is 2.67. The highest BCUT2D eigenvalue weighted by Gasteiger charge is 2.38. The van der Waals surface area contributed by atoms with Gasteiger partial charge in [0.05, 0.1) is 20.3 Å². The summed E-state index contributed by atoms with van der Waals surface area (Å²) in [5, 5.41) is 11.4. The van der Waals surface area contributed by atoms with Crippen LogP contribution in [0.25, 0.3) is 0 Å². The van der Waals surface area contributed by atoms with Crippen molar-refractivity contribution in [1.82, 2.24) is 10.2 Å². The number of nitrogens with zero attached hydrogens (tertiary/aromatic N) is 1. The van der Waals surface area contributed by atoms with Crippen LogP contribution in [0.4, 0.5) is 4.79 Å². The standard InChI is InChI=1S/C12H14N2O4/c1-18-9-4-2-8(3-5-9)10-11(16)14(6-7-15)12(17)13-10/h2-5,10,15H,6-7H2,1H3,(H,13,17). The summed E-state index contributed by atoms with van der Waals surface area (Å²) in [5.41, 5.74) is 0.689. The van der Waals surface area contributed by atoms with Gasteiger partial charge >= 0.3 is 6.03 Å². The summed E-state index contributed by atoms with van der Waals surface area (Å²) in [7, 11) is 1.56. The van der Waals surface area contributed by atoms with Crippen LogP contribution in [0, 0.1) is 0 Å². The topological polar surface area (TPSA) is 78.9 Å². The highest BCUT2D eigenvalue weighted by molar-refractivity contribution is 6.04. The van der Waals surface area contributed by atoms with Gasteiger partial charge in [0.25, 0.3) is 5.91 Å². The lowest BCUT2D eigenvalue weighted by Crippen LogP contribution is -2.33. The molecule has 0 aromatic heterocycles. The van der Waals surface area contributed by atoms with Crippen LogP contribution in [-0.4, -0.2) is 42.2 Å². The van der Waals surface area contributed by atoms with Crippen molar-refractivity contribution >= 4 is 11.9 Å². The normalized spacial score (nSPS) is 19.0. The van der Waals surface area contributed by atoms with Crippen molar-refractivity contribution in [2.45, 2.75) is 6.04 Å². The van der Waals surface area contributed by atoms with Gasteiger partial charge in [0.1, 0.15) is 11.8 Å². The number of nitrogens with one attached hydrogen (secondary N) is 1. The summed E-state index contributed by atoms with van der Waals surface area (Å²) in [6.45, 7) is -0.230. The number of amides is 3. The van der Waals surface area contributed by atoms with Crippen molar-refractivity contribution in [3.63, 3.8) is 0 Å². The number of β-amino-alcohol motifs (C(OH)–C–C–N with tert-alkyl or cyclic N) is 1. The molecule has 0 aliphatic carbocycles. The second kappa shape index (κ2) is 5.05. The van der Waals surface area contributed by atoms with Crippen LogP contribution in [-0.2, 0) is 4.79 Å². The van der Waals surface area contributed by atoms with Crippen molar-refractivity contribution in [3.05, 3.63) is 29.8 Å². The number of hydrogen-bond acceptors (Lipinski definition) is 4. The third-order valence-corrected chi connectivity index (χ3v) is 2.80. The maximum Gasteiger partial charge on any atom is 0.325 e. The number of carbonyl (C=O) groups excluding carboxylic acids is 2. The van der Waals surface area contributed by atoms with E-state index in [0.29, 0.717) is 11.3 Å². The number of rotatable bonds is 4. The number of aliphatic hydroxyl groups excluding tert-OH is 1. The number of aliphatic hydroxyl groups is 1.